The van der Waals surface area contributed by atoms with Gasteiger partial charge in [0.2, 0.25) is 0 Å². The standard InChI is InChI=1S/C14H14Br2N2O3/c1-3-5-9(4-2)17-14(21)18-12-10(13(19)20)6-8(15)7-11(12)16/h2,6-7,9H,3,5H2,1H3,(H,19,20)(H2,17,18,21). The number of halogens is 2. The maximum absolute atomic E-state index is 11.9. The summed E-state index contributed by atoms with van der Waals surface area (Å²) in [5.41, 5.74) is 0.148. The third-order valence-corrected chi connectivity index (χ3v) is 3.69. The number of carbonyl (C=O) groups excluding carboxylic acids is 1. The van der Waals surface area contributed by atoms with Crippen LogP contribution in [0, 0.1) is 12.3 Å². The van der Waals surface area contributed by atoms with Crippen LogP contribution in [-0.2, 0) is 0 Å². The molecule has 0 bridgehead atoms. The number of nitrogens with one attached hydrogen (secondary N) is 2. The summed E-state index contributed by atoms with van der Waals surface area (Å²) < 4.78 is 1.04. The summed E-state index contributed by atoms with van der Waals surface area (Å²) in [6, 6.07) is 2.12. The summed E-state index contributed by atoms with van der Waals surface area (Å²) in [5.74, 6) is 1.33. The van der Waals surface area contributed by atoms with Crippen LogP contribution in [0.15, 0.2) is 21.1 Å². The highest BCUT2D eigenvalue weighted by atomic mass is 79.9. The molecular formula is C14H14Br2N2O3. The number of terminal acetylenes is 1. The van der Waals surface area contributed by atoms with Crippen molar-refractivity contribution in [2.24, 2.45) is 0 Å². The van der Waals surface area contributed by atoms with Crippen LogP contribution in [-0.4, -0.2) is 23.1 Å². The summed E-state index contributed by atoms with van der Waals surface area (Å²) in [5, 5.41) is 14.3. The van der Waals surface area contributed by atoms with E-state index < -0.39 is 18.0 Å². The van der Waals surface area contributed by atoms with Crippen LogP contribution in [0.5, 0.6) is 0 Å². The number of carbonyl (C=O) groups is 2. The number of anilines is 1. The molecule has 0 aromatic heterocycles. The fourth-order valence-electron chi connectivity index (χ4n) is 1.66. The van der Waals surface area contributed by atoms with Crippen molar-refractivity contribution in [1.82, 2.24) is 5.32 Å². The topological polar surface area (TPSA) is 78.4 Å². The minimum atomic E-state index is -1.14. The Kier molecular flexibility index (Phi) is 6.72. The van der Waals surface area contributed by atoms with Gasteiger partial charge in [0.1, 0.15) is 0 Å². The minimum Gasteiger partial charge on any atom is -0.478 e. The summed E-state index contributed by atoms with van der Waals surface area (Å²) in [6.07, 6.45) is 6.81. The Balaban J connectivity index is 2.95. The molecule has 0 radical (unpaired) electrons. The van der Waals surface area contributed by atoms with Gasteiger partial charge in [-0.05, 0) is 34.5 Å². The third-order valence-electron chi connectivity index (χ3n) is 2.61. The van der Waals surface area contributed by atoms with Gasteiger partial charge in [-0.1, -0.05) is 35.2 Å². The molecule has 1 aromatic carbocycles. The SMILES string of the molecule is C#CC(CCC)NC(=O)Nc1c(Br)cc(Br)cc1C(=O)O. The summed E-state index contributed by atoms with van der Waals surface area (Å²) >= 11 is 6.44. The Morgan fingerprint density at radius 1 is 1.43 bits per heavy atom. The molecule has 0 aliphatic heterocycles. The number of hydrogen-bond acceptors (Lipinski definition) is 2. The molecule has 1 unspecified atom stereocenters. The van der Waals surface area contributed by atoms with Gasteiger partial charge in [0.25, 0.3) is 0 Å². The molecule has 0 spiro atoms. The molecule has 0 aliphatic rings. The zero-order valence-corrected chi connectivity index (χ0v) is 14.4. The first-order chi connectivity index (χ1) is 9.88. The van der Waals surface area contributed by atoms with E-state index in [1.165, 1.54) is 6.07 Å². The molecule has 0 heterocycles. The van der Waals surface area contributed by atoms with Gasteiger partial charge in [0.15, 0.2) is 0 Å². The first kappa shape index (κ1) is 17.5. The predicted molar refractivity (Wildman–Crippen MR) is 88.5 cm³/mol. The molecule has 21 heavy (non-hydrogen) atoms. The van der Waals surface area contributed by atoms with Crippen molar-refractivity contribution in [3.63, 3.8) is 0 Å². The maximum atomic E-state index is 11.9. The molecule has 1 atom stereocenters. The molecule has 1 aromatic rings. The molecule has 5 nitrogen and oxygen atoms in total. The highest BCUT2D eigenvalue weighted by molar-refractivity contribution is 9.11. The van der Waals surface area contributed by atoms with E-state index in [1.807, 2.05) is 6.92 Å². The summed E-state index contributed by atoms with van der Waals surface area (Å²) in [7, 11) is 0. The molecule has 0 saturated heterocycles. The van der Waals surface area contributed by atoms with E-state index in [9.17, 15) is 14.7 Å². The molecule has 0 fully saturated rings. The minimum absolute atomic E-state index is 0.0286. The normalized spacial score (nSPS) is 11.3. The molecular weight excluding hydrogens is 404 g/mol. The summed E-state index contributed by atoms with van der Waals surface area (Å²) in [4.78, 5) is 23.2. The lowest BCUT2D eigenvalue weighted by Crippen LogP contribution is -2.37. The number of rotatable bonds is 5. The van der Waals surface area contributed by atoms with Gasteiger partial charge >= 0.3 is 12.0 Å². The molecule has 0 saturated carbocycles. The molecule has 2 amide bonds. The number of amides is 2. The monoisotopic (exact) mass is 416 g/mol. The first-order valence-corrected chi connectivity index (χ1v) is 7.73. The Hall–Kier alpha value is -1.52. The predicted octanol–water partition coefficient (Wildman–Crippen LogP) is 3.83. The van der Waals surface area contributed by atoms with Gasteiger partial charge in [0.05, 0.1) is 17.3 Å². The van der Waals surface area contributed by atoms with Crippen LogP contribution in [0.3, 0.4) is 0 Å². The zero-order chi connectivity index (χ0) is 16.0. The lowest BCUT2D eigenvalue weighted by Gasteiger charge is -2.15. The van der Waals surface area contributed by atoms with Crippen molar-refractivity contribution >= 4 is 49.5 Å². The van der Waals surface area contributed by atoms with Crippen LogP contribution < -0.4 is 10.6 Å². The number of hydrogen-bond donors (Lipinski definition) is 3. The number of urea groups is 1. The Morgan fingerprint density at radius 3 is 2.62 bits per heavy atom. The summed E-state index contributed by atoms with van der Waals surface area (Å²) in [6.45, 7) is 1.96. The van der Waals surface area contributed by atoms with E-state index in [-0.39, 0.29) is 11.3 Å². The Labute approximate surface area is 139 Å². The van der Waals surface area contributed by atoms with Crippen LogP contribution in [0.4, 0.5) is 10.5 Å². The number of benzene rings is 1. The average Bonchev–Trinajstić information content (AvgIpc) is 2.40. The zero-order valence-electron chi connectivity index (χ0n) is 11.2. The second-order valence-corrected chi connectivity index (χ2v) is 5.99. The largest absolute Gasteiger partial charge is 0.478 e. The van der Waals surface area contributed by atoms with Gasteiger partial charge in [-0.25, -0.2) is 9.59 Å². The smallest absolute Gasteiger partial charge is 0.337 e. The van der Waals surface area contributed by atoms with Crippen molar-refractivity contribution in [3.05, 3.63) is 26.6 Å². The van der Waals surface area contributed by atoms with Crippen LogP contribution in [0.1, 0.15) is 30.1 Å². The quantitative estimate of drug-likeness (QED) is 0.637. The highest BCUT2D eigenvalue weighted by Gasteiger charge is 2.18. The number of carboxylic acids is 1. The van der Waals surface area contributed by atoms with E-state index in [1.54, 1.807) is 6.07 Å². The molecule has 1 rings (SSSR count). The highest BCUT2D eigenvalue weighted by Crippen LogP contribution is 2.30. The second-order valence-electron chi connectivity index (χ2n) is 4.22. The van der Waals surface area contributed by atoms with Crippen LogP contribution in [0.2, 0.25) is 0 Å². The van der Waals surface area contributed by atoms with Gasteiger partial charge < -0.3 is 15.7 Å². The first-order valence-electron chi connectivity index (χ1n) is 6.15. The molecule has 3 N–H and O–H groups in total. The van der Waals surface area contributed by atoms with E-state index in [0.29, 0.717) is 15.4 Å². The Morgan fingerprint density at radius 2 is 2.10 bits per heavy atom. The van der Waals surface area contributed by atoms with Gasteiger partial charge in [-0.2, -0.15) is 0 Å². The van der Waals surface area contributed by atoms with E-state index in [4.69, 9.17) is 6.42 Å². The van der Waals surface area contributed by atoms with Crippen molar-refractivity contribution in [1.29, 1.82) is 0 Å². The molecule has 112 valence electrons. The second kappa shape index (κ2) is 8.05. The van der Waals surface area contributed by atoms with Crippen LogP contribution >= 0.6 is 31.9 Å². The lowest BCUT2D eigenvalue weighted by molar-refractivity contribution is 0.0698. The van der Waals surface area contributed by atoms with Crippen molar-refractivity contribution < 1.29 is 14.7 Å². The molecule has 7 heteroatoms. The van der Waals surface area contributed by atoms with Crippen molar-refractivity contribution in [3.8, 4) is 12.3 Å². The molecule has 0 aliphatic carbocycles. The van der Waals surface area contributed by atoms with Crippen molar-refractivity contribution in [2.45, 2.75) is 25.8 Å². The van der Waals surface area contributed by atoms with Crippen LogP contribution in [0.25, 0.3) is 0 Å². The lowest BCUT2D eigenvalue weighted by atomic mass is 10.1. The number of aromatic carboxylic acids is 1. The van der Waals surface area contributed by atoms with E-state index >= 15 is 0 Å². The number of carboxylic acid groups (broad SMARTS) is 1. The Bertz CT molecular complexity index is 597. The van der Waals surface area contributed by atoms with Crippen molar-refractivity contribution in [2.75, 3.05) is 5.32 Å². The fourth-order valence-corrected chi connectivity index (χ4v) is 2.99. The van der Waals surface area contributed by atoms with E-state index in [2.05, 4.69) is 48.4 Å². The third kappa shape index (κ3) is 5.06. The van der Waals surface area contributed by atoms with Gasteiger partial charge in [0, 0.05) is 8.95 Å². The van der Waals surface area contributed by atoms with Gasteiger partial charge in [-0.3, -0.25) is 0 Å². The maximum Gasteiger partial charge on any atom is 0.337 e. The fraction of sp³-hybridized carbons (Fsp3) is 0.286. The van der Waals surface area contributed by atoms with E-state index in [0.717, 1.165) is 6.42 Å². The average molecular weight is 418 g/mol. The van der Waals surface area contributed by atoms with Gasteiger partial charge in [-0.15, -0.1) is 6.42 Å².